The fraction of sp³-hybridized carbons (Fsp3) is 0.350. The Morgan fingerprint density at radius 3 is 1.21 bits per heavy atom. The zero-order valence-electron chi connectivity index (χ0n) is 54.2. The van der Waals surface area contributed by atoms with E-state index < -0.39 is 0 Å². The third-order valence-corrected chi connectivity index (χ3v) is 23.0. The molecule has 0 amide bonds. The van der Waals surface area contributed by atoms with Crippen molar-refractivity contribution in [3.8, 4) is 22.3 Å². The summed E-state index contributed by atoms with van der Waals surface area (Å²) in [4.78, 5) is 8.44. The first-order valence-corrected chi connectivity index (χ1v) is 33.5. The number of hydrogen-bond acceptors (Lipinski definition) is 5. The summed E-state index contributed by atoms with van der Waals surface area (Å²) in [5.74, 6) is 0. The molecular weight excluding hydrogens is 1080 g/mol. The van der Waals surface area contributed by atoms with Gasteiger partial charge in [0, 0.05) is 69.0 Å². The maximum Gasteiger partial charge on any atom is 0.277 e. The molecule has 2 aromatic heterocycles. The summed E-state index contributed by atoms with van der Waals surface area (Å²) in [6.07, 6.45) is 4.68. The molecule has 6 heteroatoms. The van der Waals surface area contributed by atoms with Gasteiger partial charge in [-0.3, -0.25) is 0 Å². The summed E-state index contributed by atoms with van der Waals surface area (Å²) < 4.78 is 5.48. The number of anilines is 8. The van der Waals surface area contributed by atoms with Crippen LogP contribution in [-0.4, -0.2) is 12.3 Å². The molecule has 4 aliphatic rings. The lowest BCUT2D eigenvalue weighted by atomic mass is 9.39. The summed E-state index contributed by atoms with van der Waals surface area (Å²) in [7, 11) is 0. The predicted molar refractivity (Wildman–Crippen MR) is 378 cm³/mol. The third kappa shape index (κ3) is 8.75. The first-order chi connectivity index (χ1) is 40.5. The van der Waals surface area contributed by atoms with Crippen LogP contribution < -0.4 is 29.7 Å². The number of thiophene rings is 2. The van der Waals surface area contributed by atoms with Gasteiger partial charge in [0.15, 0.2) is 0 Å². The highest BCUT2D eigenvalue weighted by atomic mass is 32.1. The molecule has 10 aromatic rings. The Morgan fingerprint density at radius 2 is 0.779 bits per heavy atom. The Balaban J connectivity index is 1.19. The van der Waals surface area contributed by atoms with Crippen LogP contribution in [0.5, 0.6) is 0 Å². The molecule has 86 heavy (non-hydrogen) atoms. The molecule has 3 nitrogen and oxygen atoms in total. The lowest BCUT2D eigenvalue weighted by molar-refractivity contribution is 0.195. The van der Waals surface area contributed by atoms with Crippen LogP contribution in [-0.2, 0) is 32.5 Å². The van der Waals surface area contributed by atoms with E-state index >= 15 is 0 Å². The maximum absolute atomic E-state index is 2.87. The minimum atomic E-state index is -0.208. The molecule has 14 rings (SSSR count). The topological polar surface area (TPSA) is 9.72 Å². The second-order valence-electron chi connectivity index (χ2n) is 31.4. The number of rotatable bonds is 5. The molecule has 436 valence electrons. The van der Waals surface area contributed by atoms with E-state index in [-0.39, 0.29) is 44.7 Å². The van der Waals surface area contributed by atoms with Crippen LogP contribution >= 0.6 is 22.7 Å². The van der Waals surface area contributed by atoms with Gasteiger partial charge in [0.1, 0.15) is 0 Å². The zero-order valence-corrected chi connectivity index (χ0v) is 55.8. The first kappa shape index (κ1) is 56.9. The number of benzene rings is 8. The molecule has 2 unspecified atom stereocenters. The van der Waals surface area contributed by atoms with E-state index in [9.17, 15) is 0 Å². The molecule has 1 fully saturated rings. The SMILES string of the molecule is CC(C)(C)c1ccc(N2c3cc(N4c5ccc(C(C)(C)C)cc5C5(C)CCCCC45C)cc4c3B(c3sc5ccc(C(C)(C)C)cc5c32)c2sc3ccc(C(C)(C)C)cc3c2N4c2ccc(C(C)(C)C)cc2-c2ccccc2)c(-c2ccccc2)c1. The summed E-state index contributed by atoms with van der Waals surface area (Å²) >= 11 is 4.04. The molecule has 2 atom stereocenters. The summed E-state index contributed by atoms with van der Waals surface area (Å²) in [5, 5.41) is 2.65. The molecule has 8 aromatic carbocycles. The van der Waals surface area contributed by atoms with Crippen LogP contribution in [0.3, 0.4) is 0 Å². The van der Waals surface area contributed by atoms with Crippen molar-refractivity contribution in [1.82, 2.24) is 0 Å². The Hall–Kier alpha value is -6.86. The molecule has 0 saturated heterocycles. The average molecular weight is 1160 g/mol. The van der Waals surface area contributed by atoms with Gasteiger partial charge in [0.25, 0.3) is 6.71 Å². The molecule has 0 bridgehead atoms. The second kappa shape index (κ2) is 19.3. The van der Waals surface area contributed by atoms with E-state index in [1.165, 1.54) is 149 Å². The van der Waals surface area contributed by atoms with Crippen molar-refractivity contribution in [1.29, 1.82) is 0 Å². The van der Waals surface area contributed by atoms with Gasteiger partial charge in [-0.2, -0.15) is 0 Å². The lowest BCUT2D eigenvalue weighted by Crippen LogP contribution is -2.60. The number of fused-ring (bicyclic) bond motifs is 11. The zero-order chi connectivity index (χ0) is 60.6. The molecule has 0 spiro atoms. The smallest absolute Gasteiger partial charge is 0.277 e. The van der Waals surface area contributed by atoms with Crippen LogP contribution in [0.4, 0.5) is 45.5 Å². The van der Waals surface area contributed by atoms with Gasteiger partial charge in [-0.25, -0.2) is 0 Å². The van der Waals surface area contributed by atoms with Gasteiger partial charge < -0.3 is 14.7 Å². The van der Waals surface area contributed by atoms with Crippen LogP contribution in [0.1, 0.15) is 177 Å². The van der Waals surface area contributed by atoms with Crippen molar-refractivity contribution < 1.29 is 0 Å². The molecule has 1 aliphatic carbocycles. The molecule has 5 heterocycles. The van der Waals surface area contributed by atoms with E-state index in [1.807, 2.05) is 22.7 Å². The fourth-order valence-corrected chi connectivity index (χ4v) is 17.9. The van der Waals surface area contributed by atoms with Crippen molar-refractivity contribution in [3.63, 3.8) is 0 Å². The monoisotopic (exact) mass is 1160 g/mol. The average Bonchev–Trinajstić information content (AvgIpc) is 1.42. The largest absolute Gasteiger partial charge is 0.334 e. The Kier molecular flexibility index (Phi) is 12.8. The summed E-state index contributed by atoms with van der Waals surface area (Å²) in [6, 6.07) is 65.2. The van der Waals surface area contributed by atoms with Gasteiger partial charge in [-0.15, -0.1) is 22.7 Å². The number of hydrogen-bond donors (Lipinski definition) is 0. The summed E-state index contributed by atoms with van der Waals surface area (Å²) in [6.45, 7) is 40.7. The van der Waals surface area contributed by atoms with E-state index in [4.69, 9.17) is 0 Å². The highest BCUT2D eigenvalue weighted by Crippen LogP contribution is 2.63. The third-order valence-electron chi connectivity index (χ3n) is 20.6. The highest BCUT2D eigenvalue weighted by Gasteiger charge is 2.59. The van der Waals surface area contributed by atoms with Crippen LogP contribution in [0.2, 0.25) is 0 Å². The van der Waals surface area contributed by atoms with E-state index in [0.29, 0.717) is 0 Å². The second-order valence-corrected chi connectivity index (χ2v) is 33.5. The molecule has 1 saturated carbocycles. The van der Waals surface area contributed by atoms with Gasteiger partial charge in [0.05, 0.1) is 28.3 Å². The quantitative estimate of drug-likeness (QED) is 0.159. The van der Waals surface area contributed by atoms with Crippen molar-refractivity contribution >= 4 is 110 Å². The molecule has 0 N–H and O–H groups in total. The Morgan fingerprint density at radius 1 is 0.395 bits per heavy atom. The summed E-state index contributed by atoms with van der Waals surface area (Å²) in [5.41, 5.74) is 24.2. The molecule has 3 aliphatic heterocycles. The molecule has 0 radical (unpaired) electrons. The maximum atomic E-state index is 2.87. The van der Waals surface area contributed by atoms with Gasteiger partial charge >= 0.3 is 0 Å². The Bertz CT molecular complexity index is 4150. The predicted octanol–water partition coefficient (Wildman–Crippen LogP) is 21.8. The van der Waals surface area contributed by atoms with Crippen molar-refractivity contribution in [2.75, 3.05) is 14.7 Å². The van der Waals surface area contributed by atoms with Crippen LogP contribution in [0.25, 0.3) is 42.4 Å². The van der Waals surface area contributed by atoms with Gasteiger partial charge in [0.2, 0.25) is 0 Å². The van der Waals surface area contributed by atoms with Gasteiger partial charge in [-0.05, 0) is 164 Å². The standard InChI is InChI=1S/C80H86BN3S2/c1-74(2,3)51-30-35-62(57(42-51)49-26-20-18-21-27-49)82-65-47-56(84-64-37-32-55(78(13,14)15)46-61(64)79(16)40-24-25-41-80(79,84)17)48-66-69(65)81(72-70(82)59-44-53(76(7,8)9)33-38-67(59)85-72)73-71(60-45-54(77(10,11)12)34-39-68(60)86-73)83(66)63-36-31-52(75(4,5)6)43-58(63)50-28-22-19-23-29-50/h18-23,26-39,42-48H,24-25,40-41H2,1-17H3. The van der Waals surface area contributed by atoms with E-state index in [1.54, 1.807) is 0 Å². The Labute approximate surface area is 522 Å². The lowest BCUT2D eigenvalue weighted by Gasteiger charge is -2.51. The van der Waals surface area contributed by atoms with Crippen molar-refractivity contribution in [3.05, 3.63) is 197 Å². The van der Waals surface area contributed by atoms with Crippen LogP contribution in [0, 0.1) is 0 Å². The van der Waals surface area contributed by atoms with E-state index in [2.05, 4.69) is 296 Å². The first-order valence-electron chi connectivity index (χ1n) is 31.8. The van der Waals surface area contributed by atoms with Gasteiger partial charge in [-0.1, -0.05) is 221 Å². The van der Waals surface area contributed by atoms with Crippen molar-refractivity contribution in [2.45, 2.75) is 181 Å². The normalized spacial score (nSPS) is 18.6. The minimum Gasteiger partial charge on any atom is -0.334 e. The minimum absolute atomic E-state index is 0.00955. The van der Waals surface area contributed by atoms with E-state index in [0.717, 1.165) is 12.8 Å². The highest BCUT2D eigenvalue weighted by molar-refractivity contribution is 7.40. The molecular formula is C80H86BN3S2. The fourth-order valence-electron chi connectivity index (χ4n) is 15.2. The number of nitrogens with zero attached hydrogens (tertiary/aromatic N) is 3. The van der Waals surface area contributed by atoms with Crippen molar-refractivity contribution in [2.24, 2.45) is 0 Å². The van der Waals surface area contributed by atoms with Crippen LogP contribution in [0.15, 0.2) is 164 Å².